The fraction of sp³-hybridized carbons (Fsp3) is 0.0714. The zero-order chi connectivity index (χ0) is 14.5. The molecule has 2 rings (SSSR count). The third-order valence-electron chi connectivity index (χ3n) is 2.41. The molecule has 1 aromatic heterocycles. The van der Waals surface area contributed by atoms with Gasteiger partial charge in [0.25, 0.3) is 0 Å². The van der Waals surface area contributed by atoms with Gasteiger partial charge in [0.2, 0.25) is 11.6 Å². The Kier molecular flexibility index (Phi) is 4.37. The number of aliphatic carboxylic acids is 1. The number of carboxylic acids is 1. The third-order valence-corrected chi connectivity index (χ3v) is 3.46. The number of benzene rings is 1. The number of rotatable bonds is 6. The molecular weight excluding hydrogens is 280 g/mol. The summed E-state index contributed by atoms with van der Waals surface area (Å²) < 4.78 is 5.06. The van der Waals surface area contributed by atoms with E-state index in [1.54, 1.807) is 6.07 Å². The second-order valence-corrected chi connectivity index (χ2v) is 4.97. The van der Waals surface area contributed by atoms with Gasteiger partial charge in [-0.3, -0.25) is 9.59 Å². The van der Waals surface area contributed by atoms with E-state index < -0.39 is 24.0 Å². The zero-order valence-electron chi connectivity index (χ0n) is 10.2. The lowest BCUT2D eigenvalue weighted by Gasteiger charge is -2.01. The normalized spacial score (nSPS) is 10.2. The molecule has 0 atom stereocenters. The summed E-state index contributed by atoms with van der Waals surface area (Å²) in [6.45, 7) is 0. The Labute approximate surface area is 118 Å². The first-order chi connectivity index (χ1) is 9.58. The van der Waals surface area contributed by atoms with E-state index in [1.165, 1.54) is 18.0 Å². The van der Waals surface area contributed by atoms with E-state index in [0.29, 0.717) is 4.90 Å². The molecular formula is C14H10O5S. The lowest BCUT2D eigenvalue weighted by molar-refractivity contribution is -0.148. The van der Waals surface area contributed by atoms with Gasteiger partial charge in [-0.2, -0.15) is 0 Å². The van der Waals surface area contributed by atoms with E-state index in [0.717, 1.165) is 4.90 Å². The predicted octanol–water partition coefficient (Wildman–Crippen LogP) is 2.66. The Bertz CT molecular complexity index is 645. The van der Waals surface area contributed by atoms with E-state index >= 15 is 0 Å². The monoisotopic (exact) mass is 290 g/mol. The minimum absolute atomic E-state index is 0.00783. The molecule has 2 aromatic rings. The minimum atomic E-state index is -1.62. The molecule has 20 heavy (non-hydrogen) atoms. The van der Waals surface area contributed by atoms with Crippen molar-refractivity contribution in [1.29, 1.82) is 0 Å². The molecule has 0 radical (unpaired) electrons. The highest BCUT2D eigenvalue weighted by Crippen LogP contribution is 2.31. The molecule has 0 bridgehead atoms. The quantitative estimate of drug-likeness (QED) is 0.500. The number of carbonyl (C=O) groups excluding carboxylic acids is 2. The van der Waals surface area contributed by atoms with E-state index in [4.69, 9.17) is 9.52 Å². The van der Waals surface area contributed by atoms with E-state index in [-0.39, 0.29) is 5.76 Å². The second kappa shape index (κ2) is 6.21. The van der Waals surface area contributed by atoms with Crippen molar-refractivity contribution in [3.8, 4) is 0 Å². The van der Waals surface area contributed by atoms with Crippen LogP contribution in [0.15, 0.2) is 56.9 Å². The predicted molar refractivity (Wildman–Crippen MR) is 70.9 cm³/mol. The first kappa shape index (κ1) is 14.1. The Morgan fingerprint density at radius 1 is 1.10 bits per heavy atom. The van der Waals surface area contributed by atoms with E-state index in [2.05, 4.69) is 0 Å². The lowest BCUT2D eigenvalue weighted by Crippen LogP contribution is -2.17. The number of carboxylic acid groups (broad SMARTS) is 1. The van der Waals surface area contributed by atoms with Crippen molar-refractivity contribution in [3.63, 3.8) is 0 Å². The molecule has 6 heteroatoms. The van der Waals surface area contributed by atoms with Crippen LogP contribution in [-0.2, 0) is 9.59 Å². The standard InChI is InChI=1S/C14H10O5S/c15-10(8-11(16)14(17)18)13-12(6-7-19-13)20-9-4-2-1-3-5-9/h1-7H,8H2,(H,17,18). The van der Waals surface area contributed by atoms with Gasteiger partial charge in [0, 0.05) is 4.90 Å². The van der Waals surface area contributed by atoms with Gasteiger partial charge in [-0.15, -0.1) is 0 Å². The fourth-order valence-corrected chi connectivity index (χ4v) is 2.42. The van der Waals surface area contributed by atoms with E-state index in [1.807, 2.05) is 30.3 Å². The van der Waals surface area contributed by atoms with Crippen LogP contribution in [0.25, 0.3) is 0 Å². The van der Waals surface area contributed by atoms with Gasteiger partial charge < -0.3 is 9.52 Å². The summed E-state index contributed by atoms with van der Waals surface area (Å²) in [7, 11) is 0. The highest BCUT2D eigenvalue weighted by Gasteiger charge is 2.22. The maximum Gasteiger partial charge on any atom is 0.372 e. The van der Waals surface area contributed by atoms with Crippen molar-refractivity contribution < 1.29 is 23.9 Å². The Balaban J connectivity index is 2.14. The summed E-state index contributed by atoms with van der Waals surface area (Å²) in [5.41, 5.74) is 0. The van der Waals surface area contributed by atoms with Gasteiger partial charge in [0.05, 0.1) is 17.6 Å². The molecule has 1 heterocycles. The van der Waals surface area contributed by atoms with Crippen LogP contribution >= 0.6 is 11.8 Å². The SMILES string of the molecule is O=C(O)C(=O)CC(=O)c1occc1Sc1ccccc1. The zero-order valence-corrected chi connectivity index (χ0v) is 11.1. The number of Topliss-reactive ketones (excluding diaryl/α,β-unsaturated/α-hetero) is 2. The molecule has 0 aliphatic heterocycles. The molecule has 0 spiro atoms. The highest BCUT2D eigenvalue weighted by atomic mass is 32.2. The first-order valence-corrected chi connectivity index (χ1v) is 6.49. The van der Waals surface area contributed by atoms with Crippen molar-refractivity contribution in [1.82, 2.24) is 0 Å². The summed E-state index contributed by atoms with van der Waals surface area (Å²) in [6.07, 6.45) is 0.634. The number of ketones is 2. The fourth-order valence-electron chi connectivity index (χ4n) is 1.50. The molecule has 0 aliphatic carbocycles. The van der Waals surface area contributed by atoms with Gasteiger partial charge in [-0.1, -0.05) is 30.0 Å². The number of carbonyl (C=O) groups is 3. The number of hydrogen-bond acceptors (Lipinski definition) is 5. The van der Waals surface area contributed by atoms with Crippen LogP contribution in [0.3, 0.4) is 0 Å². The Hall–Kier alpha value is -2.34. The van der Waals surface area contributed by atoms with Crippen molar-refractivity contribution in [2.24, 2.45) is 0 Å². The second-order valence-electron chi connectivity index (χ2n) is 3.86. The van der Waals surface area contributed by atoms with Crippen LogP contribution in [0.1, 0.15) is 17.0 Å². The Morgan fingerprint density at radius 2 is 1.80 bits per heavy atom. The summed E-state index contributed by atoms with van der Waals surface area (Å²) in [5, 5.41) is 8.50. The third kappa shape index (κ3) is 3.36. The molecule has 0 amide bonds. The number of furan rings is 1. The maximum absolute atomic E-state index is 11.8. The summed E-state index contributed by atoms with van der Waals surface area (Å²) in [5.74, 6) is -3.40. The lowest BCUT2D eigenvalue weighted by atomic mass is 10.1. The van der Waals surface area contributed by atoms with Gasteiger partial charge in [-0.25, -0.2) is 4.79 Å². The van der Waals surface area contributed by atoms with Crippen LogP contribution in [0.5, 0.6) is 0 Å². The molecule has 0 saturated carbocycles. The molecule has 102 valence electrons. The summed E-state index contributed by atoms with van der Waals surface area (Å²) in [4.78, 5) is 34.8. The topological polar surface area (TPSA) is 84.6 Å². The molecule has 0 aliphatic rings. The largest absolute Gasteiger partial charge is 0.475 e. The van der Waals surface area contributed by atoms with Crippen molar-refractivity contribution in [2.45, 2.75) is 16.2 Å². The van der Waals surface area contributed by atoms with Crippen molar-refractivity contribution in [3.05, 3.63) is 48.4 Å². The van der Waals surface area contributed by atoms with Crippen LogP contribution in [0.4, 0.5) is 0 Å². The molecule has 5 nitrogen and oxygen atoms in total. The van der Waals surface area contributed by atoms with Gasteiger partial charge in [0.15, 0.2) is 5.76 Å². The van der Waals surface area contributed by atoms with Gasteiger partial charge in [-0.05, 0) is 18.2 Å². The summed E-state index contributed by atoms with van der Waals surface area (Å²) >= 11 is 1.31. The number of hydrogen-bond donors (Lipinski definition) is 1. The maximum atomic E-state index is 11.8. The van der Waals surface area contributed by atoms with E-state index in [9.17, 15) is 14.4 Å². The van der Waals surface area contributed by atoms with Crippen LogP contribution in [0.2, 0.25) is 0 Å². The first-order valence-electron chi connectivity index (χ1n) is 5.67. The molecule has 1 N–H and O–H groups in total. The smallest absolute Gasteiger partial charge is 0.372 e. The van der Waals surface area contributed by atoms with Gasteiger partial charge in [0.1, 0.15) is 0 Å². The van der Waals surface area contributed by atoms with Crippen molar-refractivity contribution >= 4 is 29.3 Å². The minimum Gasteiger partial charge on any atom is -0.475 e. The molecule has 1 aromatic carbocycles. The highest BCUT2D eigenvalue weighted by molar-refractivity contribution is 7.99. The van der Waals surface area contributed by atoms with Crippen molar-refractivity contribution in [2.75, 3.05) is 0 Å². The molecule has 0 unspecified atom stereocenters. The average molecular weight is 290 g/mol. The van der Waals surface area contributed by atoms with Crippen LogP contribution < -0.4 is 0 Å². The average Bonchev–Trinajstić information content (AvgIpc) is 2.88. The van der Waals surface area contributed by atoms with Crippen LogP contribution in [-0.4, -0.2) is 22.6 Å². The molecule has 0 saturated heterocycles. The molecule has 0 fully saturated rings. The van der Waals surface area contributed by atoms with Gasteiger partial charge >= 0.3 is 5.97 Å². The summed E-state index contributed by atoms with van der Waals surface area (Å²) in [6, 6.07) is 10.9. The Morgan fingerprint density at radius 3 is 2.45 bits per heavy atom. The van der Waals surface area contributed by atoms with Crippen LogP contribution in [0, 0.1) is 0 Å².